The summed E-state index contributed by atoms with van der Waals surface area (Å²) in [6, 6.07) is 0.00444. The predicted octanol–water partition coefficient (Wildman–Crippen LogP) is -0.552. The lowest BCUT2D eigenvalue weighted by molar-refractivity contribution is -0.0505. The van der Waals surface area contributed by atoms with Crippen LogP contribution in [-0.4, -0.2) is 40.5 Å². The van der Waals surface area contributed by atoms with Crippen LogP contribution in [0.15, 0.2) is 6.20 Å². The van der Waals surface area contributed by atoms with Crippen molar-refractivity contribution in [3.8, 4) is 0 Å². The van der Waals surface area contributed by atoms with E-state index >= 15 is 0 Å². The Morgan fingerprint density at radius 3 is 2.93 bits per heavy atom. The van der Waals surface area contributed by atoms with Gasteiger partial charge in [-0.05, 0) is 0 Å². The Morgan fingerprint density at radius 2 is 2.33 bits per heavy atom. The second-order valence-electron chi connectivity index (χ2n) is 3.75. The highest BCUT2D eigenvalue weighted by Crippen LogP contribution is 2.11. The van der Waals surface area contributed by atoms with Crippen LogP contribution in [0.25, 0.3) is 0 Å². The zero-order valence-corrected chi connectivity index (χ0v) is 8.80. The van der Waals surface area contributed by atoms with Crippen LogP contribution < -0.4 is 5.73 Å². The molecule has 6 heteroatoms. The molecule has 0 aliphatic carbocycles. The fourth-order valence-electron chi connectivity index (χ4n) is 1.63. The van der Waals surface area contributed by atoms with Crippen molar-refractivity contribution in [1.29, 1.82) is 0 Å². The van der Waals surface area contributed by atoms with E-state index in [9.17, 15) is 0 Å². The van der Waals surface area contributed by atoms with Gasteiger partial charge in [0.1, 0.15) is 0 Å². The lowest BCUT2D eigenvalue weighted by Crippen LogP contribution is -2.28. The summed E-state index contributed by atoms with van der Waals surface area (Å²) in [6.07, 6.45) is 3.14. The number of nitrogens with two attached hydrogens (primary N) is 1. The highest BCUT2D eigenvalue weighted by Gasteiger charge is 2.19. The minimum atomic E-state index is -0.142. The molecule has 1 aliphatic heterocycles. The van der Waals surface area contributed by atoms with Gasteiger partial charge >= 0.3 is 0 Å². The summed E-state index contributed by atoms with van der Waals surface area (Å²) < 4.78 is 12.3. The number of hydrogen-bond acceptors (Lipinski definition) is 5. The maximum Gasteiger partial charge on any atom is 0.159 e. The Bertz CT molecular complexity index is 309. The third-order valence-electron chi connectivity index (χ3n) is 2.31. The van der Waals surface area contributed by atoms with Crippen molar-refractivity contribution in [3.05, 3.63) is 11.9 Å². The maximum absolute atomic E-state index is 5.96. The molecule has 1 atom stereocenters. The van der Waals surface area contributed by atoms with Crippen molar-refractivity contribution < 1.29 is 9.47 Å². The van der Waals surface area contributed by atoms with Crippen LogP contribution in [0.2, 0.25) is 0 Å². The second kappa shape index (κ2) is 4.69. The molecule has 2 rings (SSSR count). The molecule has 1 unspecified atom stereocenters. The molecule has 2 N–H and O–H groups in total. The van der Waals surface area contributed by atoms with Gasteiger partial charge in [-0.3, -0.25) is 4.68 Å². The molecule has 0 amide bonds. The van der Waals surface area contributed by atoms with E-state index < -0.39 is 0 Å². The Balaban J connectivity index is 1.78. The fraction of sp³-hybridized carbons (Fsp3) is 0.778. The van der Waals surface area contributed by atoms with E-state index in [0.717, 1.165) is 5.69 Å². The zero-order chi connectivity index (χ0) is 10.7. The number of ether oxygens (including phenoxy) is 2. The molecule has 1 saturated heterocycles. The summed E-state index contributed by atoms with van der Waals surface area (Å²) in [5.41, 5.74) is 6.86. The van der Waals surface area contributed by atoms with Gasteiger partial charge in [-0.2, -0.15) is 0 Å². The summed E-state index contributed by atoms with van der Waals surface area (Å²) in [7, 11) is 1.84. The second-order valence-corrected chi connectivity index (χ2v) is 3.75. The predicted molar refractivity (Wildman–Crippen MR) is 53.0 cm³/mol. The first-order chi connectivity index (χ1) is 7.24. The van der Waals surface area contributed by atoms with Crippen molar-refractivity contribution in [2.24, 2.45) is 12.8 Å². The van der Waals surface area contributed by atoms with E-state index in [-0.39, 0.29) is 12.3 Å². The Labute approximate surface area is 88.3 Å². The van der Waals surface area contributed by atoms with Crippen molar-refractivity contribution in [3.63, 3.8) is 0 Å². The van der Waals surface area contributed by atoms with Crippen LogP contribution in [0.4, 0.5) is 0 Å². The van der Waals surface area contributed by atoms with E-state index in [1.54, 1.807) is 4.68 Å². The minimum Gasteiger partial charge on any atom is -0.350 e. The molecule has 2 heterocycles. The molecule has 1 aliphatic rings. The number of hydrogen-bond donors (Lipinski definition) is 1. The van der Waals surface area contributed by atoms with Crippen LogP contribution in [0.1, 0.15) is 12.1 Å². The monoisotopic (exact) mass is 212 g/mol. The summed E-state index contributed by atoms with van der Waals surface area (Å²) in [4.78, 5) is 0. The van der Waals surface area contributed by atoms with Gasteiger partial charge in [0.25, 0.3) is 0 Å². The van der Waals surface area contributed by atoms with Crippen LogP contribution in [0.5, 0.6) is 0 Å². The van der Waals surface area contributed by atoms with Crippen LogP contribution in [-0.2, 0) is 22.9 Å². The van der Waals surface area contributed by atoms with E-state index in [2.05, 4.69) is 10.3 Å². The van der Waals surface area contributed by atoms with Crippen LogP contribution in [0.3, 0.4) is 0 Å². The molecule has 0 spiro atoms. The standard InChI is InChI=1S/C9H16N4O2/c1-13-6-8(11-12-13)4-7(10)5-9-14-2-3-15-9/h6-7,9H,2-5,10H2,1H3. The van der Waals surface area contributed by atoms with Gasteiger partial charge in [0, 0.05) is 32.1 Å². The summed E-state index contributed by atoms with van der Waals surface area (Å²) in [5, 5.41) is 7.83. The first kappa shape index (κ1) is 10.5. The van der Waals surface area contributed by atoms with Gasteiger partial charge in [0.2, 0.25) is 0 Å². The molecular weight excluding hydrogens is 196 g/mol. The highest BCUT2D eigenvalue weighted by atomic mass is 16.7. The zero-order valence-electron chi connectivity index (χ0n) is 8.80. The van der Waals surface area contributed by atoms with Crippen LogP contribution >= 0.6 is 0 Å². The van der Waals surface area contributed by atoms with Gasteiger partial charge in [0.05, 0.1) is 18.9 Å². The summed E-state index contributed by atoms with van der Waals surface area (Å²) >= 11 is 0. The molecule has 6 nitrogen and oxygen atoms in total. The molecular formula is C9H16N4O2. The lowest BCUT2D eigenvalue weighted by atomic mass is 10.1. The molecule has 0 aromatic carbocycles. The molecule has 1 aromatic rings. The van der Waals surface area contributed by atoms with E-state index in [4.69, 9.17) is 15.2 Å². The molecule has 0 saturated carbocycles. The molecule has 1 fully saturated rings. The van der Waals surface area contributed by atoms with Gasteiger partial charge in [0.15, 0.2) is 6.29 Å². The topological polar surface area (TPSA) is 75.2 Å². The molecule has 15 heavy (non-hydrogen) atoms. The van der Waals surface area contributed by atoms with Crippen molar-refractivity contribution in [2.45, 2.75) is 25.2 Å². The molecule has 0 radical (unpaired) electrons. The van der Waals surface area contributed by atoms with Crippen molar-refractivity contribution >= 4 is 0 Å². The Morgan fingerprint density at radius 1 is 1.60 bits per heavy atom. The Hall–Kier alpha value is -0.980. The molecule has 84 valence electrons. The third-order valence-corrected chi connectivity index (χ3v) is 2.31. The molecule has 0 bridgehead atoms. The maximum atomic E-state index is 5.96. The SMILES string of the molecule is Cn1cc(CC(N)CC2OCCO2)nn1. The normalized spacial score (nSPS) is 19.6. The molecule has 1 aromatic heterocycles. The van der Waals surface area contributed by atoms with Gasteiger partial charge in [-0.25, -0.2) is 0 Å². The third kappa shape index (κ3) is 2.98. The minimum absolute atomic E-state index is 0.00444. The van der Waals surface area contributed by atoms with Crippen molar-refractivity contribution in [2.75, 3.05) is 13.2 Å². The summed E-state index contributed by atoms with van der Waals surface area (Å²) in [6.45, 7) is 1.34. The first-order valence-electron chi connectivity index (χ1n) is 5.08. The number of nitrogens with zero attached hydrogens (tertiary/aromatic N) is 3. The number of rotatable bonds is 4. The number of aryl methyl sites for hydroxylation is 1. The average Bonchev–Trinajstić information content (AvgIpc) is 2.77. The quantitative estimate of drug-likeness (QED) is 0.724. The Kier molecular flexibility index (Phi) is 3.30. The average molecular weight is 212 g/mol. The fourth-order valence-corrected chi connectivity index (χ4v) is 1.63. The van der Waals surface area contributed by atoms with Gasteiger partial charge in [-0.15, -0.1) is 5.10 Å². The van der Waals surface area contributed by atoms with Gasteiger partial charge < -0.3 is 15.2 Å². The lowest BCUT2D eigenvalue weighted by Gasteiger charge is -2.14. The smallest absolute Gasteiger partial charge is 0.159 e. The van der Waals surface area contributed by atoms with E-state index in [0.29, 0.717) is 26.1 Å². The van der Waals surface area contributed by atoms with E-state index in [1.165, 1.54) is 0 Å². The first-order valence-corrected chi connectivity index (χ1v) is 5.08. The summed E-state index contributed by atoms with van der Waals surface area (Å²) in [5.74, 6) is 0. The largest absolute Gasteiger partial charge is 0.350 e. The van der Waals surface area contributed by atoms with Gasteiger partial charge in [-0.1, -0.05) is 5.21 Å². The van der Waals surface area contributed by atoms with Crippen LogP contribution in [0, 0.1) is 0 Å². The number of aromatic nitrogens is 3. The highest BCUT2D eigenvalue weighted by molar-refractivity contribution is 4.95. The van der Waals surface area contributed by atoms with Crippen molar-refractivity contribution in [1.82, 2.24) is 15.0 Å². The van der Waals surface area contributed by atoms with E-state index in [1.807, 2.05) is 13.2 Å².